The predicted molar refractivity (Wildman–Crippen MR) is 164 cm³/mol. The normalized spacial score (nSPS) is 30.2. The molecule has 0 aromatic heterocycles. The van der Waals surface area contributed by atoms with E-state index in [4.69, 9.17) is 9.47 Å². The highest BCUT2D eigenvalue weighted by Crippen LogP contribution is 2.39. The maximum Gasteiger partial charge on any atom is 0.410 e. The van der Waals surface area contributed by atoms with Crippen molar-refractivity contribution in [1.82, 2.24) is 20.0 Å². The number of hydrogen-bond donors (Lipinski definition) is 1. The molecule has 1 saturated carbocycles. The molecule has 1 aromatic carbocycles. The van der Waals surface area contributed by atoms with Gasteiger partial charge in [0, 0.05) is 62.5 Å². The van der Waals surface area contributed by atoms with Crippen molar-refractivity contribution in [3.05, 3.63) is 29.3 Å². The number of ether oxygens (including phenoxy) is 2. The van der Waals surface area contributed by atoms with Crippen LogP contribution in [0.15, 0.2) is 18.2 Å². The Kier molecular flexibility index (Phi) is 8.38. The van der Waals surface area contributed by atoms with Crippen molar-refractivity contribution in [3.8, 4) is 0 Å². The first-order valence-electron chi connectivity index (χ1n) is 16.3. The van der Waals surface area contributed by atoms with E-state index >= 15 is 0 Å². The third kappa shape index (κ3) is 6.18. The van der Waals surface area contributed by atoms with Crippen LogP contribution in [0.3, 0.4) is 0 Å². The quantitative estimate of drug-likeness (QED) is 0.506. The van der Waals surface area contributed by atoms with Gasteiger partial charge in [-0.15, -0.1) is 0 Å². The number of nitrogens with one attached hydrogen (secondary N) is 1. The highest BCUT2D eigenvalue weighted by molar-refractivity contribution is 6.06. The van der Waals surface area contributed by atoms with Gasteiger partial charge in [0.05, 0.1) is 18.2 Å². The molecular weight excluding hydrogens is 562 g/mol. The minimum atomic E-state index is -0.617. The van der Waals surface area contributed by atoms with Gasteiger partial charge in [-0.25, -0.2) is 4.79 Å². The van der Waals surface area contributed by atoms with Crippen LogP contribution in [0, 0.1) is 0 Å². The van der Waals surface area contributed by atoms with Crippen molar-refractivity contribution < 1.29 is 28.7 Å². The molecule has 4 heterocycles. The lowest BCUT2D eigenvalue weighted by molar-refractivity contribution is -0.137. The lowest BCUT2D eigenvalue weighted by Gasteiger charge is -2.49. The zero-order chi connectivity index (χ0) is 31.3. The Bertz CT molecular complexity index is 1300. The Labute approximate surface area is 260 Å². The molecule has 6 rings (SSSR count). The molecule has 5 aliphatic rings. The van der Waals surface area contributed by atoms with Crippen molar-refractivity contribution in [2.75, 3.05) is 37.6 Å². The maximum absolute atomic E-state index is 13.3. The van der Waals surface area contributed by atoms with E-state index in [0.29, 0.717) is 37.2 Å². The molecular formula is C33H47N5O6. The number of fused-ring (bicyclic) bond motifs is 1. The second kappa shape index (κ2) is 12.0. The number of likely N-dealkylation sites (tertiary alicyclic amines) is 1. The van der Waals surface area contributed by atoms with Crippen molar-refractivity contribution in [3.63, 3.8) is 0 Å². The molecule has 0 radical (unpaired) electrons. The Morgan fingerprint density at radius 1 is 0.955 bits per heavy atom. The fourth-order valence-corrected chi connectivity index (χ4v) is 7.51. The van der Waals surface area contributed by atoms with Crippen LogP contribution in [0.4, 0.5) is 10.5 Å². The Balaban J connectivity index is 0.977. The first-order chi connectivity index (χ1) is 20.9. The molecule has 1 N–H and O–H groups in total. The molecule has 1 aliphatic carbocycles. The van der Waals surface area contributed by atoms with Crippen LogP contribution in [0.25, 0.3) is 0 Å². The summed E-state index contributed by atoms with van der Waals surface area (Å²) >= 11 is 0. The standard InChI is InChI=1S/C33H47N5O6/c1-20-19-36(23-16-25(17-23)43-24-10-12-35(13-11-24)32(42)44-33(3,4)5)14-15-37(20)22-6-7-26-27(18-22)21(2)38(31(26)41)28-8-9-29(39)34-30(28)40/h6-7,18,20-21,23-25,28H,8-17,19H2,1-5H3,(H,34,39,40)/t20-,21-,23?,25?,28-/m1/s1. The molecule has 4 amide bonds. The van der Waals surface area contributed by atoms with Crippen LogP contribution in [-0.2, 0) is 19.1 Å². The van der Waals surface area contributed by atoms with E-state index in [9.17, 15) is 19.2 Å². The van der Waals surface area contributed by atoms with Gasteiger partial charge >= 0.3 is 6.09 Å². The summed E-state index contributed by atoms with van der Waals surface area (Å²) in [4.78, 5) is 58.3. The van der Waals surface area contributed by atoms with Crippen LogP contribution in [-0.4, -0.2) is 107 Å². The van der Waals surface area contributed by atoms with Crippen LogP contribution in [0.1, 0.15) is 95.1 Å². The first-order valence-corrected chi connectivity index (χ1v) is 16.3. The summed E-state index contributed by atoms with van der Waals surface area (Å²) in [5, 5.41) is 2.39. The van der Waals surface area contributed by atoms with E-state index < -0.39 is 11.6 Å². The summed E-state index contributed by atoms with van der Waals surface area (Å²) in [5.41, 5.74) is 2.22. The molecule has 3 saturated heterocycles. The van der Waals surface area contributed by atoms with Gasteiger partial charge < -0.3 is 24.2 Å². The van der Waals surface area contributed by atoms with E-state index in [1.807, 2.05) is 39.8 Å². The number of carbonyl (C=O) groups excluding carboxylic acids is 4. The lowest BCUT2D eigenvalue weighted by atomic mass is 9.86. The summed E-state index contributed by atoms with van der Waals surface area (Å²) in [6.07, 6.45) is 4.68. The van der Waals surface area contributed by atoms with Crippen LogP contribution >= 0.6 is 0 Å². The molecule has 4 fully saturated rings. The molecule has 0 bridgehead atoms. The van der Waals surface area contributed by atoms with Gasteiger partial charge in [0.2, 0.25) is 11.8 Å². The number of carbonyl (C=O) groups is 4. The number of hydrogen-bond acceptors (Lipinski definition) is 8. The maximum atomic E-state index is 13.3. The zero-order valence-electron chi connectivity index (χ0n) is 26.7. The topological polar surface area (TPSA) is 112 Å². The highest BCUT2D eigenvalue weighted by atomic mass is 16.6. The Morgan fingerprint density at radius 2 is 1.68 bits per heavy atom. The molecule has 4 aliphatic heterocycles. The number of anilines is 1. The van der Waals surface area contributed by atoms with E-state index in [1.165, 1.54) is 0 Å². The fraction of sp³-hybridized carbons (Fsp3) is 0.697. The number of piperidine rings is 2. The highest BCUT2D eigenvalue weighted by Gasteiger charge is 2.44. The minimum absolute atomic E-state index is 0.137. The van der Waals surface area contributed by atoms with Crippen molar-refractivity contribution in [2.45, 2.75) is 115 Å². The Hall–Kier alpha value is -3.18. The molecule has 240 valence electrons. The number of imide groups is 1. The van der Waals surface area contributed by atoms with Gasteiger partial charge in [-0.2, -0.15) is 0 Å². The number of amides is 4. The average Bonchev–Trinajstić information content (AvgIpc) is 3.18. The Morgan fingerprint density at radius 3 is 2.34 bits per heavy atom. The SMILES string of the molecule is C[C@@H]1CN(C2CC(OC3CCN(C(=O)OC(C)(C)C)CC3)C2)CCN1c1ccc2c(c1)[C@@H](C)N([C@@H]1CCC(=O)NC1=O)C2=O. The lowest BCUT2D eigenvalue weighted by Crippen LogP contribution is -2.59. The largest absolute Gasteiger partial charge is 0.444 e. The van der Waals surface area contributed by atoms with Gasteiger partial charge in [0.1, 0.15) is 11.6 Å². The van der Waals surface area contributed by atoms with Crippen LogP contribution in [0.5, 0.6) is 0 Å². The number of nitrogens with zero attached hydrogens (tertiary/aromatic N) is 4. The summed E-state index contributed by atoms with van der Waals surface area (Å²) in [6, 6.07) is 6.06. The fourth-order valence-electron chi connectivity index (χ4n) is 7.51. The van der Waals surface area contributed by atoms with Crippen LogP contribution in [0.2, 0.25) is 0 Å². The van der Waals surface area contributed by atoms with E-state index in [1.54, 1.807) is 9.80 Å². The van der Waals surface area contributed by atoms with Crippen molar-refractivity contribution in [1.29, 1.82) is 0 Å². The smallest absolute Gasteiger partial charge is 0.410 e. The molecule has 1 aromatic rings. The van der Waals surface area contributed by atoms with Gasteiger partial charge in [0.15, 0.2) is 0 Å². The summed E-state index contributed by atoms with van der Waals surface area (Å²) in [5.74, 6) is -0.797. The molecule has 11 heteroatoms. The summed E-state index contributed by atoms with van der Waals surface area (Å²) in [7, 11) is 0. The number of benzene rings is 1. The molecule has 0 spiro atoms. The third-order valence-electron chi connectivity index (χ3n) is 9.97. The number of rotatable bonds is 5. The minimum Gasteiger partial charge on any atom is -0.444 e. The van der Waals surface area contributed by atoms with Gasteiger partial charge in [-0.1, -0.05) is 0 Å². The van der Waals surface area contributed by atoms with Crippen LogP contribution < -0.4 is 10.2 Å². The number of piperazine rings is 1. The predicted octanol–water partition coefficient (Wildman–Crippen LogP) is 3.47. The monoisotopic (exact) mass is 609 g/mol. The van der Waals surface area contributed by atoms with Gasteiger partial charge in [-0.05, 0) is 90.5 Å². The molecule has 44 heavy (non-hydrogen) atoms. The van der Waals surface area contributed by atoms with Crippen molar-refractivity contribution >= 4 is 29.5 Å². The van der Waals surface area contributed by atoms with Crippen molar-refractivity contribution in [2.24, 2.45) is 0 Å². The molecule has 0 unspecified atom stereocenters. The average molecular weight is 610 g/mol. The second-order valence-electron chi connectivity index (χ2n) is 14.2. The third-order valence-corrected chi connectivity index (χ3v) is 9.97. The van der Waals surface area contributed by atoms with E-state index in [0.717, 1.165) is 56.6 Å². The zero-order valence-corrected chi connectivity index (χ0v) is 26.7. The van der Waals surface area contributed by atoms with Gasteiger partial charge in [-0.3, -0.25) is 24.6 Å². The molecule has 3 atom stereocenters. The second-order valence-corrected chi connectivity index (χ2v) is 14.2. The van der Waals surface area contributed by atoms with E-state index in [2.05, 4.69) is 28.1 Å². The first kappa shape index (κ1) is 30.8. The summed E-state index contributed by atoms with van der Waals surface area (Å²) < 4.78 is 11.9. The summed E-state index contributed by atoms with van der Waals surface area (Å²) in [6.45, 7) is 14.1. The molecule has 11 nitrogen and oxygen atoms in total. The van der Waals surface area contributed by atoms with E-state index in [-0.39, 0.29) is 48.5 Å². The van der Waals surface area contributed by atoms with Gasteiger partial charge in [0.25, 0.3) is 5.91 Å².